The summed E-state index contributed by atoms with van der Waals surface area (Å²) in [6, 6.07) is 4.98. The van der Waals surface area contributed by atoms with Crippen LogP contribution in [0, 0.1) is 0 Å². The third-order valence-corrected chi connectivity index (χ3v) is 3.92. The van der Waals surface area contributed by atoms with Crippen LogP contribution in [0.3, 0.4) is 0 Å². The topological polar surface area (TPSA) is 20.2 Å². The first-order chi connectivity index (χ1) is 11.7. The van der Waals surface area contributed by atoms with Gasteiger partial charge in [0.2, 0.25) is 0 Å². The molecule has 0 heterocycles. The van der Waals surface area contributed by atoms with Crippen LogP contribution in [0.2, 0.25) is 5.02 Å². The van der Waals surface area contributed by atoms with Crippen molar-refractivity contribution in [1.82, 2.24) is 0 Å². The van der Waals surface area contributed by atoms with Crippen LogP contribution >= 0.6 is 11.6 Å². The van der Waals surface area contributed by atoms with Crippen molar-refractivity contribution < 1.29 is 40.2 Å². The predicted molar refractivity (Wildman–Crippen MR) is 76.9 cm³/mol. The van der Waals surface area contributed by atoms with Crippen molar-refractivity contribution in [2.24, 2.45) is 0 Å². The molecule has 0 aromatic heterocycles. The van der Waals surface area contributed by atoms with Crippen molar-refractivity contribution in [1.29, 1.82) is 0 Å². The molecule has 0 saturated heterocycles. The van der Waals surface area contributed by atoms with Gasteiger partial charge < -0.3 is 5.11 Å². The molecule has 2 aromatic carbocycles. The summed E-state index contributed by atoms with van der Waals surface area (Å²) in [6.07, 6.45) is -11.0. The van der Waals surface area contributed by atoms with Gasteiger partial charge in [-0.3, -0.25) is 0 Å². The smallest absolute Gasteiger partial charge is 0.374 e. The van der Waals surface area contributed by atoms with E-state index in [0.717, 1.165) is 12.1 Å². The number of aliphatic hydroxyl groups is 1. The number of alkyl halides is 8. The summed E-state index contributed by atoms with van der Waals surface area (Å²) in [5.41, 5.74) is -7.26. The molecule has 1 atom stereocenters. The highest BCUT2D eigenvalue weighted by Gasteiger charge is 2.71. The minimum absolute atomic E-state index is 0.245. The molecule has 1 unspecified atom stereocenters. The lowest BCUT2D eigenvalue weighted by Crippen LogP contribution is -2.55. The molecule has 142 valence electrons. The van der Waals surface area contributed by atoms with E-state index < -0.39 is 40.6 Å². The zero-order valence-electron chi connectivity index (χ0n) is 12.5. The fourth-order valence-corrected chi connectivity index (χ4v) is 2.54. The monoisotopic (exact) mass is 404 g/mol. The van der Waals surface area contributed by atoms with Crippen molar-refractivity contribution in [2.75, 3.05) is 0 Å². The number of halogens is 9. The molecule has 0 spiro atoms. The molecule has 0 aliphatic heterocycles. The number of hydrogen-bond donors (Lipinski definition) is 1. The zero-order chi connectivity index (χ0) is 20.0. The third-order valence-electron chi connectivity index (χ3n) is 3.68. The van der Waals surface area contributed by atoms with E-state index in [4.69, 9.17) is 11.6 Å². The van der Waals surface area contributed by atoms with Crippen LogP contribution in [0.25, 0.3) is 0 Å². The summed E-state index contributed by atoms with van der Waals surface area (Å²) in [6.45, 7) is 0. The normalized spacial score (nSPS) is 15.6. The van der Waals surface area contributed by atoms with E-state index >= 15 is 0 Å². The van der Waals surface area contributed by atoms with Gasteiger partial charge in [0.15, 0.2) is 5.60 Å². The molecule has 2 rings (SSSR count). The molecule has 1 nitrogen and oxygen atoms in total. The first-order valence-corrected chi connectivity index (χ1v) is 7.20. The molecule has 26 heavy (non-hydrogen) atoms. The molecular weight excluding hydrogens is 396 g/mol. The van der Waals surface area contributed by atoms with Gasteiger partial charge in [-0.25, -0.2) is 0 Å². The van der Waals surface area contributed by atoms with Gasteiger partial charge in [-0.2, -0.15) is 35.1 Å². The summed E-state index contributed by atoms with van der Waals surface area (Å²) in [5, 5.41) is 10.2. The standard InChI is InChI=1S/C16H9ClF8O/c17-12-3-1-2-11(8-12)13(26,15(21,22)16(23,24)25)9-4-6-10(7-5-9)14(18,19)20/h1-8,26H. The second-order valence-electron chi connectivity index (χ2n) is 5.37. The van der Waals surface area contributed by atoms with Gasteiger partial charge in [-0.05, 0) is 35.4 Å². The SMILES string of the molecule is OC(c1ccc(C(F)(F)F)cc1)(c1cccc(Cl)c1)C(F)(F)C(F)(F)F. The van der Waals surface area contributed by atoms with Crippen LogP contribution < -0.4 is 0 Å². The van der Waals surface area contributed by atoms with Gasteiger partial charge in [0.1, 0.15) is 0 Å². The average molecular weight is 405 g/mol. The Labute approximate surface area is 146 Å². The van der Waals surface area contributed by atoms with E-state index in [2.05, 4.69) is 0 Å². The largest absolute Gasteiger partial charge is 0.457 e. The van der Waals surface area contributed by atoms with E-state index in [-0.39, 0.29) is 5.02 Å². The van der Waals surface area contributed by atoms with Gasteiger partial charge in [0.05, 0.1) is 5.56 Å². The fourth-order valence-electron chi connectivity index (χ4n) is 2.35. The van der Waals surface area contributed by atoms with Crippen LogP contribution in [-0.2, 0) is 11.8 Å². The predicted octanol–water partition coefficient (Wildman–Crippen LogP) is 5.79. The van der Waals surface area contributed by atoms with Crippen molar-refractivity contribution in [3.8, 4) is 0 Å². The highest BCUT2D eigenvalue weighted by molar-refractivity contribution is 6.30. The molecule has 0 aliphatic carbocycles. The molecule has 1 N–H and O–H groups in total. The highest BCUT2D eigenvalue weighted by atomic mass is 35.5. The Bertz CT molecular complexity index is 782. The second-order valence-corrected chi connectivity index (χ2v) is 5.80. The van der Waals surface area contributed by atoms with Crippen LogP contribution in [-0.4, -0.2) is 17.2 Å². The van der Waals surface area contributed by atoms with E-state index in [9.17, 15) is 40.2 Å². The van der Waals surface area contributed by atoms with Crippen LogP contribution in [0.4, 0.5) is 35.1 Å². The maximum atomic E-state index is 14.2. The maximum Gasteiger partial charge on any atom is 0.457 e. The summed E-state index contributed by atoms with van der Waals surface area (Å²) >= 11 is 5.60. The molecule has 0 aliphatic rings. The molecule has 0 radical (unpaired) electrons. The fraction of sp³-hybridized carbons (Fsp3) is 0.250. The average Bonchev–Trinajstić information content (AvgIpc) is 2.52. The molecule has 0 bridgehead atoms. The molecule has 0 amide bonds. The van der Waals surface area contributed by atoms with Gasteiger partial charge in [-0.1, -0.05) is 35.9 Å². The molecular formula is C16H9ClF8O. The van der Waals surface area contributed by atoms with Gasteiger partial charge >= 0.3 is 18.3 Å². The highest BCUT2D eigenvalue weighted by Crippen LogP contribution is 2.52. The van der Waals surface area contributed by atoms with Crippen molar-refractivity contribution >= 4 is 11.6 Å². The van der Waals surface area contributed by atoms with E-state index in [1.807, 2.05) is 0 Å². The third kappa shape index (κ3) is 3.37. The zero-order valence-corrected chi connectivity index (χ0v) is 13.2. The Morgan fingerprint density at radius 3 is 1.62 bits per heavy atom. The Morgan fingerprint density at radius 2 is 1.19 bits per heavy atom. The number of rotatable bonds is 3. The molecule has 2 aromatic rings. The Morgan fingerprint density at radius 1 is 0.692 bits per heavy atom. The molecule has 10 heteroatoms. The van der Waals surface area contributed by atoms with Crippen molar-refractivity contribution in [2.45, 2.75) is 23.9 Å². The van der Waals surface area contributed by atoms with E-state index in [1.54, 1.807) is 0 Å². The van der Waals surface area contributed by atoms with Crippen molar-refractivity contribution in [3.63, 3.8) is 0 Å². The Kier molecular flexibility index (Phi) is 5.02. The lowest BCUT2D eigenvalue weighted by atomic mass is 9.80. The quantitative estimate of drug-likeness (QED) is 0.642. The number of benzene rings is 2. The summed E-state index contributed by atoms with van der Waals surface area (Å²) in [4.78, 5) is 0. The van der Waals surface area contributed by atoms with E-state index in [0.29, 0.717) is 30.3 Å². The number of hydrogen-bond acceptors (Lipinski definition) is 1. The van der Waals surface area contributed by atoms with E-state index in [1.165, 1.54) is 6.07 Å². The van der Waals surface area contributed by atoms with Crippen molar-refractivity contribution in [3.05, 3.63) is 70.2 Å². The summed E-state index contributed by atoms with van der Waals surface area (Å²) < 4.78 is 105. The lowest BCUT2D eigenvalue weighted by molar-refractivity contribution is -0.336. The first-order valence-electron chi connectivity index (χ1n) is 6.82. The van der Waals surface area contributed by atoms with Gasteiger partial charge in [0, 0.05) is 5.02 Å². The first kappa shape index (κ1) is 20.4. The Balaban J connectivity index is 2.73. The second kappa shape index (κ2) is 6.38. The molecule has 0 saturated carbocycles. The minimum atomic E-state index is -6.19. The summed E-state index contributed by atoms with van der Waals surface area (Å²) in [7, 11) is 0. The maximum absolute atomic E-state index is 14.2. The Hall–Kier alpha value is -1.87. The van der Waals surface area contributed by atoms with Crippen LogP contribution in [0.15, 0.2) is 48.5 Å². The minimum Gasteiger partial charge on any atom is -0.374 e. The molecule has 0 fully saturated rings. The van der Waals surface area contributed by atoms with Gasteiger partial charge in [0.25, 0.3) is 0 Å². The van der Waals surface area contributed by atoms with Crippen LogP contribution in [0.5, 0.6) is 0 Å². The summed E-state index contributed by atoms with van der Waals surface area (Å²) in [5.74, 6) is -5.72. The van der Waals surface area contributed by atoms with Crippen LogP contribution in [0.1, 0.15) is 16.7 Å². The van der Waals surface area contributed by atoms with Gasteiger partial charge in [-0.15, -0.1) is 0 Å². The lowest BCUT2D eigenvalue weighted by Gasteiger charge is -2.37.